The van der Waals surface area contributed by atoms with Crippen molar-refractivity contribution in [3.05, 3.63) is 29.4 Å². The molecule has 1 aromatic carbocycles. The second-order valence-electron chi connectivity index (χ2n) is 3.97. The molecule has 0 saturated heterocycles. The molecule has 112 valence electrons. The maximum atomic E-state index is 6.08. The average molecular weight is 310 g/mol. The molecule has 0 fully saturated rings. The molecule has 6 nitrogen and oxygen atoms in total. The molecule has 0 atom stereocenters. The summed E-state index contributed by atoms with van der Waals surface area (Å²) in [5.74, 6) is 2.12. The molecule has 0 bridgehead atoms. The van der Waals surface area contributed by atoms with Gasteiger partial charge in [-0.2, -0.15) is 4.98 Å². The van der Waals surface area contributed by atoms with Crippen LogP contribution in [0.3, 0.4) is 0 Å². The van der Waals surface area contributed by atoms with Crippen LogP contribution in [-0.4, -0.2) is 30.7 Å². The summed E-state index contributed by atoms with van der Waals surface area (Å²) in [7, 11) is 3.10. The quantitative estimate of drug-likeness (QED) is 0.882. The highest BCUT2D eigenvalue weighted by atomic mass is 35.5. The minimum Gasteiger partial charge on any atom is -0.493 e. The first-order chi connectivity index (χ1) is 10.2. The average Bonchev–Trinajstić information content (AvgIpc) is 2.51. The van der Waals surface area contributed by atoms with Crippen LogP contribution in [0.15, 0.2) is 24.4 Å². The Morgan fingerprint density at radius 3 is 2.43 bits per heavy atom. The Morgan fingerprint density at radius 2 is 1.86 bits per heavy atom. The smallest absolute Gasteiger partial charge is 0.243 e. The summed E-state index contributed by atoms with van der Waals surface area (Å²) < 4.78 is 16.3. The number of ether oxygens (including phenoxy) is 3. The second-order valence-corrected chi connectivity index (χ2v) is 4.38. The molecule has 7 heteroatoms. The van der Waals surface area contributed by atoms with Crippen molar-refractivity contribution >= 4 is 17.5 Å². The van der Waals surface area contributed by atoms with Gasteiger partial charge in [0.2, 0.25) is 17.6 Å². The maximum absolute atomic E-state index is 6.08. The SMILES string of the molecule is CCNc1ncc(Cl)c(Oc2c(OC)cccc2OC)n1. The monoisotopic (exact) mass is 309 g/mol. The molecule has 0 radical (unpaired) electrons. The first-order valence-corrected chi connectivity index (χ1v) is 6.72. The summed E-state index contributed by atoms with van der Waals surface area (Å²) >= 11 is 6.08. The molecule has 21 heavy (non-hydrogen) atoms. The Hall–Kier alpha value is -2.21. The molecule has 1 heterocycles. The summed E-state index contributed by atoms with van der Waals surface area (Å²) in [6.07, 6.45) is 1.48. The fourth-order valence-electron chi connectivity index (χ4n) is 1.68. The van der Waals surface area contributed by atoms with Gasteiger partial charge in [-0.1, -0.05) is 17.7 Å². The Morgan fingerprint density at radius 1 is 1.19 bits per heavy atom. The van der Waals surface area contributed by atoms with E-state index >= 15 is 0 Å². The Labute approximate surface area is 128 Å². The summed E-state index contributed by atoms with van der Waals surface area (Å²) in [4.78, 5) is 8.28. The van der Waals surface area contributed by atoms with E-state index in [1.807, 2.05) is 6.92 Å². The third-order valence-corrected chi connectivity index (χ3v) is 2.89. The fourth-order valence-corrected chi connectivity index (χ4v) is 1.81. The summed E-state index contributed by atoms with van der Waals surface area (Å²) in [6, 6.07) is 5.33. The molecule has 0 spiro atoms. The number of aromatic nitrogens is 2. The van der Waals surface area contributed by atoms with Gasteiger partial charge in [0, 0.05) is 6.54 Å². The maximum Gasteiger partial charge on any atom is 0.243 e. The van der Waals surface area contributed by atoms with Crippen LogP contribution >= 0.6 is 11.6 Å². The number of nitrogens with zero attached hydrogens (tertiary/aromatic N) is 2. The van der Waals surface area contributed by atoms with Crippen LogP contribution in [0.4, 0.5) is 5.95 Å². The number of hydrogen-bond donors (Lipinski definition) is 1. The summed E-state index contributed by atoms with van der Waals surface area (Å²) in [6.45, 7) is 2.64. The van der Waals surface area contributed by atoms with E-state index in [4.69, 9.17) is 25.8 Å². The van der Waals surface area contributed by atoms with Gasteiger partial charge in [-0.25, -0.2) is 4.98 Å². The fraction of sp³-hybridized carbons (Fsp3) is 0.286. The summed E-state index contributed by atoms with van der Waals surface area (Å²) in [5, 5.41) is 3.29. The third kappa shape index (κ3) is 3.46. The minimum absolute atomic E-state index is 0.227. The molecule has 0 saturated carbocycles. The van der Waals surface area contributed by atoms with Gasteiger partial charge >= 0.3 is 0 Å². The molecule has 1 N–H and O–H groups in total. The summed E-state index contributed by atoms with van der Waals surface area (Å²) in [5.41, 5.74) is 0. The van der Waals surface area contributed by atoms with Crippen molar-refractivity contribution in [2.75, 3.05) is 26.1 Å². The van der Waals surface area contributed by atoms with E-state index in [2.05, 4.69) is 15.3 Å². The van der Waals surface area contributed by atoms with Gasteiger partial charge < -0.3 is 19.5 Å². The largest absolute Gasteiger partial charge is 0.493 e. The predicted molar refractivity (Wildman–Crippen MR) is 80.8 cm³/mol. The van der Waals surface area contributed by atoms with Crippen molar-refractivity contribution in [2.24, 2.45) is 0 Å². The number of halogens is 1. The molecule has 0 aliphatic carbocycles. The van der Waals surface area contributed by atoms with Crippen LogP contribution in [0.25, 0.3) is 0 Å². The zero-order valence-corrected chi connectivity index (χ0v) is 12.8. The standard InChI is InChI=1S/C14H16ClN3O3/c1-4-16-14-17-8-9(15)13(18-14)21-12-10(19-2)6-5-7-11(12)20-3/h5-8H,4H2,1-3H3,(H,16,17,18). The molecule has 2 aromatic rings. The number of hydrogen-bond acceptors (Lipinski definition) is 6. The van der Waals surface area contributed by atoms with E-state index in [1.165, 1.54) is 6.20 Å². The Bertz CT molecular complexity index is 600. The lowest BCUT2D eigenvalue weighted by Gasteiger charge is -2.14. The lowest BCUT2D eigenvalue weighted by molar-refractivity contribution is 0.342. The van der Waals surface area contributed by atoms with E-state index in [9.17, 15) is 0 Å². The molecule has 0 unspecified atom stereocenters. The third-order valence-electron chi connectivity index (χ3n) is 2.63. The lowest BCUT2D eigenvalue weighted by atomic mass is 10.3. The van der Waals surface area contributed by atoms with Crippen LogP contribution in [0.2, 0.25) is 5.02 Å². The Kier molecular flexibility index (Phi) is 5.05. The topological polar surface area (TPSA) is 65.5 Å². The molecule has 0 aliphatic heterocycles. The first kappa shape index (κ1) is 15.2. The van der Waals surface area contributed by atoms with Crippen molar-refractivity contribution in [3.8, 4) is 23.1 Å². The first-order valence-electron chi connectivity index (χ1n) is 6.34. The van der Waals surface area contributed by atoms with Crippen LogP contribution in [-0.2, 0) is 0 Å². The number of methoxy groups -OCH3 is 2. The number of nitrogens with one attached hydrogen (secondary N) is 1. The molecular formula is C14H16ClN3O3. The van der Waals surface area contributed by atoms with E-state index < -0.39 is 0 Å². The van der Waals surface area contributed by atoms with Crippen molar-refractivity contribution in [2.45, 2.75) is 6.92 Å². The van der Waals surface area contributed by atoms with Crippen molar-refractivity contribution in [1.29, 1.82) is 0 Å². The molecule has 1 aromatic heterocycles. The van der Waals surface area contributed by atoms with E-state index in [-0.39, 0.29) is 5.88 Å². The van der Waals surface area contributed by atoms with E-state index in [0.717, 1.165) is 0 Å². The van der Waals surface area contributed by atoms with Gasteiger partial charge in [0.25, 0.3) is 0 Å². The van der Waals surface area contributed by atoms with Crippen molar-refractivity contribution in [3.63, 3.8) is 0 Å². The van der Waals surface area contributed by atoms with E-state index in [0.29, 0.717) is 34.8 Å². The van der Waals surface area contributed by atoms with Crippen LogP contribution < -0.4 is 19.5 Å². The highest BCUT2D eigenvalue weighted by Gasteiger charge is 2.16. The van der Waals surface area contributed by atoms with Crippen molar-refractivity contribution in [1.82, 2.24) is 9.97 Å². The number of rotatable bonds is 6. The van der Waals surface area contributed by atoms with Crippen molar-refractivity contribution < 1.29 is 14.2 Å². The zero-order valence-electron chi connectivity index (χ0n) is 12.0. The molecule has 0 aliphatic rings. The molecule has 2 rings (SSSR count). The van der Waals surface area contributed by atoms with Gasteiger partial charge in [0.05, 0.1) is 20.4 Å². The zero-order chi connectivity index (χ0) is 15.2. The normalized spacial score (nSPS) is 10.1. The van der Waals surface area contributed by atoms with Gasteiger partial charge in [-0.3, -0.25) is 0 Å². The molecule has 0 amide bonds. The van der Waals surface area contributed by atoms with Crippen LogP contribution in [0.1, 0.15) is 6.92 Å². The van der Waals surface area contributed by atoms with E-state index in [1.54, 1.807) is 32.4 Å². The number of anilines is 1. The van der Waals surface area contributed by atoms with Gasteiger partial charge in [0.15, 0.2) is 11.5 Å². The van der Waals surface area contributed by atoms with Crippen LogP contribution in [0.5, 0.6) is 23.1 Å². The minimum atomic E-state index is 0.227. The highest BCUT2D eigenvalue weighted by molar-refractivity contribution is 6.31. The van der Waals surface area contributed by atoms with Gasteiger partial charge in [-0.15, -0.1) is 0 Å². The molecular weight excluding hydrogens is 294 g/mol. The second kappa shape index (κ2) is 6.99. The Balaban J connectivity index is 2.39. The highest BCUT2D eigenvalue weighted by Crippen LogP contribution is 2.41. The number of para-hydroxylation sites is 1. The predicted octanol–water partition coefficient (Wildman–Crippen LogP) is 3.37. The van der Waals surface area contributed by atoms with Gasteiger partial charge in [-0.05, 0) is 19.1 Å². The van der Waals surface area contributed by atoms with Crippen LogP contribution in [0, 0.1) is 0 Å². The van der Waals surface area contributed by atoms with Gasteiger partial charge in [0.1, 0.15) is 5.02 Å². The number of benzene rings is 1. The lowest BCUT2D eigenvalue weighted by Crippen LogP contribution is -2.03.